The van der Waals surface area contributed by atoms with Crippen LogP contribution in [-0.4, -0.2) is 0 Å². The quantitative estimate of drug-likeness (QED) is 0.746. The van der Waals surface area contributed by atoms with Crippen molar-refractivity contribution in [3.05, 3.63) is 77.2 Å². The van der Waals surface area contributed by atoms with Gasteiger partial charge in [0.2, 0.25) is 0 Å². The fourth-order valence-corrected chi connectivity index (χ4v) is 2.58. The number of hydrogen-bond donors (Lipinski definition) is 0. The molecule has 3 rings (SSSR count). The zero-order chi connectivity index (χ0) is 12.4. The van der Waals surface area contributed by atoms with Crippen LogP contribution in [0.1, 0.15) is 18.4 Å². The van der Waals surface area contributed by atoms with Gasteiger partial charge in [0, 0.05) is 0 Å². The summed E-state index contributed by atoms with van der Waals surface area (Å²) < 4.78 is 0. The Bertz CT molecular complexity index is 690. The van der Waals surface area contributed by atoms with Crippen molar-refractivity contribution in [1.82, 2.24) is 0 Å². The van der Waals surface area contributed by atoms with E-state index in [-0.39, 0.29) is 0 Å². The lowest BCUT2D eigenvalue weighted by Gasteiger charge is -2.14. The highest BCUT2D eigenvalue weighted by atomic mass is 14.1. The second kappa shape index (κ2) is 4.66. The normalized spacial score (nSPS) is 13.7. The fraction of sp³-hybridized carbons (Fsp3) is 0.111. The van der Waals surface area contributed by atoms with Gasteiger partial charge in [-0.05, 0) is 40.0 Å². The Morgan fingerprint density at radius 2 is 1.61 bits per heavy atom. The van der Waals surface area contributed by atoms with Gasteiger partial charge in [0.05, 0.1) is 0 Å². The Labute approximate surface area is 108 Å². The minimum atomic E-state index is 1.09. The molecule has 2 aromatic carbocycles. The minimum absolute atomic E-state index is 1.09. The molecule has 88 valence electrons. The van der Waals surface area contributed by atoms with Crippen LogP contribution in [0, 0.1) is 0 Å². The van der Waals surface area contributed by atoms with Crippen LogP contribution in [0.2, 0.25) is 0 Å². The molecule has 1 aliphatic carbocycles. The van der Waals surface area contributed by atoms with E-state index < -0.39 is 0 Å². The molecule has 18 heavy (non-hydrogen) atoms. The van der Waals surface area contributed by atoms with Crippen molar-refractivity contribution in [2.24, 2.45) is 0 Å². The van der Waals surface area contributed by atoms with Gasteiger partial charge >= 0.3 is 0 Å². The van der Waals surface area contributed by atoms with Gasteiger partial charge in [0.1, 0.15) is 0 Å². The minimum Gasteiger partial charge on any atom is -0.0909 e. The van der Waals surface area contributed by atoms with Crippen LogP contribution in [0.15, 0.2) is 61.2 Å². The maximum Gasteiger partial charge on any atom is -0.0149 e. The van der Waals surface area contributed by atoms with E-state index in [2.05, 4.69) is 61.2 Å². The molecule has 0 heteroatoms. The Hall–Kier alpha value is -2.08. The van der Waals surface area contributed by atoms with Crippen LogP contribution < -0.4 is 10.4 Å². The fourth-order valence-electron chi connectivity index (χ4n) is 2.58. The summed E-state index contributed by atoms with van der Waals surface area (Å²) in [6.07, 6.45) is 4.51. The summed E-state index contributed by atoms with van der Waals surface area (Å²) in [5.41, 5.74) is 3.78. The van der Waals surface area contributed by atoms with Crippen LogP contribution in [0.25, 0.3) is 17.2 Å². The molecule has 0 spiro atoms. The van der Waals surface area contributed by atoms with Gasteiger partial charge in [-0.25, -0.2) is 0 Å². The van der Waals surface area contributed by atoms with Gasteiger partial charge in [-0.2, -0.15) is 0 Å². The molecule has 1 aliphatic rings. The van der Waals surface area contributed by atoms with E-state index in [9.17, 15) is 0 Å². The first-order valence-corrected chi connectivity index (χ1v) is 6.39. The van der Waals surface area contributed by atoms with E-state index in [1.807, 2.05) is 6.07 Å². The number of rotatable bonds is 2. The average molecular weight is 232 g/mol. The van der Waals surface area contributed by atoms with Crippen molar-refractivity contribution < 1.29 is 0 Å². The van der Waals surface area contributed by atoms with Crippen LogP contribution >= 0.6 is 0 Å². The zero-order valence-corrected chi connectivity index (χ0v) is 10.4. The lowest BCUT2D eigenvalue weighted by Crippen LogP contribution is -2.29. The van der Waals surface area contributed by atoms with Gasteiger partial charge in [-0.1, -0.05) is 67.3 Å². The molecule has 0 aromatic heterocycles. The Balaban J connectivity index is 2.19. The molecule has 0 unspecified atom stereocenters. The number of allylic oxidation sites excluding steroid dienone is 1. The predicted octanol–water partition coefficient (Wildman–Crippen LogP) is 3.13. The highest BCUT2D eigenvalue weighted by Crippen LogP contribution is 2.25. The van der Waals surface area contributed by atoms with Crippen LogP contribution in [-0.2, 0) is 0 Å². The largest absolute Gasteiger partial charge is 0.0909 e. The molecular formula is C18H16. The van der Waals surface area contributed by atoms with Crippen LogP contribution in [0.4, 0.5) is 0 Å². The Morgan fingerprint density at radius 1 is 0.889 bits per heavy atom. The first kappa shape index (κ1) is 11.0. The molecule has 0 nitrogen and oxygen atoms in total. The Kier molecular flexibility index (Phi) is 2.85. The molecule has 0 radical (unpaired) electrons. The lowest BCUT2D eigenvalue weighted by atomic mass is 9.90. The number of benzene rings is 2. The third-order valence-electron chi connectivity index (χ3n) is 3.53. The number of hydrogen-bond acceptors (Lipinski definition) is 0. The number of fused-ring (bicyclic) bond motifs is 1. The molecule has 0 saturated carbocycles. The SMILES string of the molecule is C=C(C1=c2ccccc2=CCC1)c1ccccc1. The predicted molar refractivity (Wildman–Crippen MR) is 78.3 cm³/mol. The van der Waals surface area contributed by atoms with E-state index in [0.29, 0.717) is 0 Å². The Morgan fingerprint density at radius 3 is 2.44 bits per heavy atom. The van der Waals surface area contributed by atoms with Crippen molar-refractivity contribution in [2.45, 2.75) is 12.8 Å². The summed E-state index contributed by atoms with van der Waals surface area (Å²) in [5, 5.41) is 2.69. The van der Waals surface area contributed by atoms with Crippen molar-refractivity contribution in [3.8, 4) is 0 Å². The molecule has 0 fully saturated rings. The first-order chi connectivity index (χ1) is 8.86. The average Bonchev–Trinajstić information content (AvgIpc) is 2.47. The van der Waals surface area contributed by atoms with E-state index in [1.165, 1.54) is 21.6 Å². The van der Waals surface area contributed by atoms with Crippen molar-refractivity contribution in [1.29, 1.82) is 0 Å². The zero-order valence-electron chi connectivity index (χ0n) is 10.4. The molecule has 0 atom stereocenters. The summed E-state index contributed by atoms with van der Waals surface area (Å²) in [5.74, 6) is 0. The van der Waals surface area contributed by atoms with Gasteiger partial charge < -0.3 is 0 Å². The van der Waals surface area contributed by atoms with Gasteiger partial charge in [-0.3, -0.25) is 0 Å². The van der Waals surface area contributed by atoms with Crippen molar-refractivity contribution >= 4 is 17.2 Å². The smallest absolute Gasteiger partial charge is 0.0149 e. The van der Waals surface area contributed by atoms with Gasteiger partial charge in [-0.15, -0.1) is 0 Å². The third-order valence-corrected chi connectivity index (χ3v) is 3.53. The second-order valence-corrected chi connectivity index (χ2v) is 4.65. The highest BCUT2D eigenvalue weighted by Gasteiger charge is 2.09. The highest BCUT2D eigenvalue weighted by molar-refractivity contribution is 5.96. The molecule has 0 N–H and O–H groups in total. The first-order valence-electron chi connectivity index (χ1n) is 6.39. The van der Waals surface area contributed by atoms with Crippen molar-refractivity contribution in [3.63, 3.8) is 0 Å². The third kappa shape index (κ3) is 1.91. The summed E-state index contributed by atoms with van der Waals surface area (Å²) in [7, 11) is 0. The molecule has 0 amide bonds. The maximum atomic E-state index is 4.30. The van der Waals surface area contributed by atoms with E-state index in [0.717, 1.165) is 18.4 Å². The van der Waals surface area contributed by atoms with E-state index >= 15 is 0 Å². The van der Waals surface area contributed by atoms with Gasteiger partial charge in [0.25, 0.3) is 0 Å². The molecule has 0 bridgehead atoms. The monoisotopic (exact) mass is 232 g/mol. The summed E-state index contributed by atoms with van der Waals surface area (Å²) in [6.45, 7) is 4.30. The summed E-state index contributed by atoms with van der Waals surface area (Å²) in [6, 6.07) is 19.1. The molecule has 0 saturated heterocycles. The van der Waals surface area contributed by atoms with Gasteiger partial charge in [0.15, 0.2) is 0 Å². The topological polar surface area (TPSA) is 0 Å². The van der Waals surface area contributed by atoms with Crippen molar-refractivity contribution in [2.75, 3.05) is 0 Å². The van der Waals surface area contributed by atoms with Crippen LogP contribution in [0.3, 0.4) is 0 Å². The standard InChI is InChI=1S/C18H16/c1-14(15-8-3-2-4-9-15)17-13-7-11-16-10-5-6-12-18(16)17/h2-6,8-12H,1,7,13H2. The summed E-state index contributed by atoms with van der Waals surface area (Å²) >= 11 is 0. The second-order valence-electron chi connectivity index (χ2n) is 4.65. The molecular weight excluding hydrogens is 216 g/mol. The van der Waals surface area contributed by atoms with E-state index in [1.54, 1.807) is 0 Å². The maximum absolute atomic E-state index is 4.30. The lowest BCUT2D eigenvalue weighted by molar-refractivity contribution is 1.09. The van der Waals surface area contributed by atoms with Crippen LogP contribution in [0.5, 0.6) is 0 Å². The molecule has 0 heterocycles. The summed E-state index contributed by atoms with van der Waals surface area (Å²) in [4.78, 5) is 0. The molecule has 0 aliphatic heterocycles. The van der Waals surface area contributed by atoms with E-state index in [4.69, 9.17) is 0 Å². The molecule has 2 aromatic rings.